The second-order valence-corrected chi connectivity index (χ2v) is 7.27. The van der Waals surface area contributed by atoms with Crippen LogP contribution >= 0.6 is 0 Å². The first-order valence-electron chi connectivity index (χ1n) is 6.24. The number of hydrogen-bond acceptors (Lipinski definition) is 5. The van der Waals surface area contributed by atoms with Crippen molar-refractivity contribution in [1.82, 2.24) is 4.90 Å². The van der Waals surface area contributed by atoms with Crippen LogP contribution in [0.3, 0.4) is 0 Å². The van der Waals surface area contributed by atoms with Crippen LogP contribution in [0.2, 0.25) is 0 Å². The van der Waals surface area contributed by atoms with Gasteiger partial charge in [0.15, 0.2) is 9.84 Å². The fourth-order valence-electron chi connectivity index (χ4n) is 2.41. The highest BCUT2D eigenvalue weighted by Gasteiger charge is 2.30. The molecular formula is C13H20N2O3S. The lowest BCUT2D eigenvalue weighted by Gasteiger charge is -2.24. The molecule has 0 aromatic heterocycles. The van der Waals surface area contributed by atoms with Crippen LogP contribution in [0.5, 0.6) is 5.75 Å². The van der Waals surface area contributed by atoms with Crippen molar-refractivity contribution in [3.05, 3.63) is 23.8 Å². The van der Waals surface area contributed by atoms with Crippen molar-refractivity contribution < 1.29 is 13.2 Å². The summed E-state index contributed by atoms with van der Waals surface area (Å²) in [5.74, 6) is 1.29. The molecule has 1 aromatic carbocycles. The maximum atomic E-state index is 11.5. The van der Waals surface area contributed by atoms with Crippen molar-refractivity contribution in [3.8, 4) is 5.75 Å². The molecule has 106 valence electrons. The van der Waals surface area contributed by atoms with E-state index in [-0.39, 0.29) is 11.8 Å². The van der Waals surface area contributed by atoms with Gasteiger partial charge in [-0.25, -0.2) is 8.42 Å². The molecule has 5 nitrogen and oxygen atoms in total. The number of rotatable bonds is 4. The Kier molecular flexibility index (Phi) is 4.01. The lowest BCUT2D eigenvalue weighted by Crippen LogP contribution is -2.32. The molecule has 1 atom stereocenters. The monoisotopic (exact) mass is 284 g/mol. The van der Waals surface area contributed by atoms with E-state index in [0.717, 1.165) is 11.3 Å². The van der Waals surface area contributed by atoms with Crippen LogP contribution < -0.4 is 10.5 Å². The zero-order valence-corrected chi connectivity index (χ0v) is 12.1. The van der Waals surface area contributed by atoms with E-state index >= 15 is 0 Å². The summed E-state index contributed by atoms with van der Waals surface area (Å²) in [6.07, 6.45) is 0.704. The summed E-state index contributed by atoms with van der Waals surface area (Å²) in [5, 5.41) is 0. The minimum atomic E-state index is -2.85. The van der Waals surface area contributed by atoms with Gasteiger partial charge in [0, 0.05) is 29.9 Å². The minimum Gasteiger partial charge on any atom is -0.496 e. The number of nitrogens with zero attached hydrogens (tertiary/aromatic N) is 1. The topological polar surface area (TPSA) is 72.6 Å². The molecule has 0 spiro atoms. The number of anilines is 1. The van der Waals surface area contributed by atoms with Crippen molar-refractivity contribution in [2.24, 2.45) is 0 Å². The number of nitrogens with two attached hydrogens (primary N) is 1. The summed E-state index contributed by atoms with van der Waals surface area (Å²) >= 11 is 0. The van der Waals surface area contributed by atoms with Gasteiger partial charge in [-0.05, 0) is 19.5 Å². The lowest BCUT2D eigenvalue weighted by atomic mass is 10.1. The van der Waals surface area contributed by atoms with Crippen molar-refractivity contribution >= 4 is 15.5 Å². The van der Waals surface area contributed by atoms with Gasteiger partial charge in [-0.1, -0.05) is 6.07 Å². The number of hydrogen-bond donors (Lipinski definition) is 1. The van der Waals surface area contributed by atoms with Gasteiger partial charge >= 0.3 is 0 Å². The predicted molar refractivity (Wildman–Crippen MR) is 75.9 cm³/mol. The fourth-order valence-corrected chi connectivity index (χ4v) is 4.22. The molecule has 6 heteroatoms. The van der Waals surface area contributed by atoms with Crippen LogP contribution in [-0.2, 0) is 16.4 Å². The molecule has 1 unspecified atom stereocenters. The number of nitrogen functional groups attached to an aromatic ring is 1. The van der Waals surface area contributed by atoms with Crippen LogP contribution in [0.4, 0.5) is 5.69 Å². The molecule has 1 aliphatic heterocycles. The Morgan fingerprint density at radius 3 is 2.79 bits per heavy atom. The lowest BCUT2D eigenvalue weighted by molar-refractivity contribution is 0.250. The summed E-state index contributed by atoms with van der Waals surface area (Å²) in [4.78, 5) is 2.07. The Morgan fingerprint density at radius 2 is 2.21 bits per heavy atom. The van der Waals surface area contributed by atoms with Crippen molar-refractivity contribution in [1.29, 1.82) is 0 Å². The van der Waals surface area contributed by atoms with E-state index in [0.29, 0.717) is 24.4 Å². The molecule has 0 bridgehead atoms. The summed E-state index contributed by atoms with van der Waals surface area (Å²) in [5.41, 5.74) is 7.39. The van der Waals surface area contributed by atoms with E-state index in [1.807, 2.05) is 19.2 Å². The van der Waals surface area contributed by atoms with Crippen LogP contribution in [0.25, 0.3) is 0 Å². The van der Waals surface area contributed by atoms with E-state index in [1.54, 1.807) is 13.2 Å². The molecule has 0 saturated carbocycles. The minimum absolute atomic E-state index is 0.0901. The van der Waals surface area contributed by atoms with Gasteiger partial charge in [0.2, 0.25) is 0 Å². The van der Waals surface area contributed by atoms with Gasteiger partial charge in [-0.2, -0.15) is 0 Å². The van der Waals surface area contributed by atoms with Crippen LogP contribution in [-0.4, -0.2) is 45.0 Å². The first kappa shape index (κ1) is 14.1. The first-order valence-corrected chi connectivity index (χ1v) is 8.06. The van der Waals surface area contributed by atoms with E-state index in [4.69, 9.17) is 10.5 Å². The quantitative estimate of drug-likeness (QED) is 0.832. The van der Waals surface area contributed by atoms with E-state index in [9.17, 15) is 8.42 Å². The summed E-state index contributed by atoms with van der Waals surface area (Å²) in [7, 11) is 0.707. The molecule has 0 aliphatic carbocycles. The van der Waals surface area contributed by atoms with E-state index < -0.39 is 9.84 Å². The SMILES string of the molecule is COc1cc(N)ccc1CN(C)C1CCS(=O)(=O)C1. The Hall–Kier alpha value is -1.27. The normalized spacial score (nSPS) is 21.7. The smallest absolute Gasteiger partial charge is 0.151 e. The Bertz CT molecular complexity index is 557. The molecule has 1 aromatic rings. The Balaban J connectivity index is 2.09. The molecule has 2 N–H and O–H groups in total. The van der Waals surface area contributed by atoms with Gasteiger partial charge in [0.1, 0.15) is 5.75 Å². The highest BCUT2D eigenvalue weighted by molar-refractivity contribution is 7.91. The largest absolute Gasteiger partial charge is 0.496 e. The molecule has 1 aliphatic rings. The summed E-state index contributed by atoms with van der Waals surface area (Å²) in [6, 6.07) is 5.63. The van der Waals surface area contributed by atoms with Crippen LogP contribution in [0.1, 0.15) is 12.0 Å². The number of ether oxygens (including phenoxy) is 1. The molecule has 0 radical (unpaired) electrons. The third-order valence-corrected chi connectivity index (χ3v) is 5.31. The second-order valence-electron chi connectivity index (χ2n) is 5.04. The van der Waals surface area contributed by atoms with Gasteiger partial charge < -0.3 is 10.5 Å². The van der Waals surface area contributed by atoms with E-state index in [2.05, 4.69) is 4.90 Å². The van der Waals surface area contributed by atoms with Gasteiger partial charge in [-0.3, -0.25) is 4.90 Å². The van der Waals surface area contributed by atoms with E-state index in [1.165, 1.54) is 0 Å². The maximum absolute atomic E-state index is 11.5. The van der Waals surface area contributed by atoms with Gasteiger partial charge in [0.25, 0.3) is 0 Å². The highest BCUT2D eigenvalue weighted by atomic mass is 32.2. The molecule has 1 heterocycles. The first-order chi connectivity index (χ1) is 8.91. The zero-order valence-electron chi connectivity index (χ0n) is 11.3. The molecule has 19 heavy (non-hydrogen) atoms. The van der Waals surface area contributed by atoms with Crippen molar-refractivity contribution in [2.75, 3.05) is 31.4 Å². The standard InChI is InChI=1S/C13H20N2O3S/c1-15(12-5-6-19(16,17)9-12)8-10-3-4-11(14)7-13(10)18-2/h3-4,7,12H,5-6,8-9,14H2,1-2H3. The average Bonchev–Trinajstić information content (AvgIpc) is 2.72. The summed E-state index contributed by atoms with van der Waals surface area (Å²) in [6.45, 7) is 0.656. The van der Waals surface area contributed by atoms with Crippen molar-refractivity contribution in [3.63, 3.8) is 0 Å². The summed E-state index contributed by atoms with van der Waals surface area (Å²) < 4.78 is 28.3. The number of benzene rings is 1. The van der Waals surface area contributed by atoms with Gasteiger partial charge in [-0.15, -0.1) is 0 Å². The Morgan fingerprint density at radius 1 is 1.47 bits per heavy atom. The Labute approximate surface area is 114 Å². The second kappa shape index (κ2) is 5.38. The molecule has 0 amide bonds. The fraction of sp³-hybridized carbons (Fsp3) is 0.538. The highest BCUT2D eigenvalue weighted by Crippen LogP contribution is 2.25. The average molecular weight is 284 g/mol. The molecular weight excluding hydrogens is 264 g/mol. The molecule has 1 fully saturated rings. The number of methoxy groups -OCH3 is 1. The van der Waals surface area contributed by atoms with Crippen LogP contribution in [0, 0.1) is 0 Å². The third-order valence-electron chi connectivity index (χ3n) is 3.56. The van der Waals surface area contributed by atoms with Gasteiger partial charge in [0.05, 0.1) is 18.6 Å². The number of sulfone groups is 1. The predicted octanol–water partition coefficient (Wildman–Crippen LogP) is 0.896. The zero-order chi connectivity index (χ0) is 14.0. The third kappa shape index (κ3) is 3.39. The maximum Gasteiger partial charge on any atom is 0.151 e. The molecule has 1 saturated heterocycles. The van der Waals surface area contributed by atoms with Crippen molar-refractivity contribution in [2.45, 2.75) is 19.0 Å². The van der Waals surface area contributed by atoms with Crippen LogP contribution in [0.15, 0.2) is 18.2 Å². The molecule has 2 rings (SSSR count).